The van der Waals surface area contributed by atoms with E-state index >= 15 is 0 Å². The highest BCUT2D eigenvalue weighted by Crippen LogP contribution is 2.45. The Hall–Kier alpha value is -4.14. The Balaban J connectivity index is 1.85. The van der Waals surface area contributed by atoms with Gasteiger partial charge in [-0.3, -0.25) is 4.79 Å². The van der Waals surface area contributed by atoms with Crippen molar-refractivity contribution in [3.8, 4) is 23.0 Å². The highest BCUT2D eigenvalue weighted by atomic mass is 16.7. The van der Waals surface area contributed by atoms with Gasteiger partial charge in [0.25, 0.3) is 5.91 Å². The number of fused-ring (bicyclic) bond motifs is 5. The SMILES string of the molecule is COC(=O)C1=C2c3cc4c(cc3CCN2C(=O)c2ccc(OC)c(OC)c2C(OC)=C1)OCO4. The minimum Gasteiger partial charge on any atom is -0.496 e. The second-order valence-electron chi connectivity index (χ2n) is 7.76. The molecule has 3 aliphatic rings. The second-order valence-corrected chi connectivity index (χ2v) is 7.76. The molecular weight excluding hydrogens is 442 g/mol. The summed E-state index contributed by atoms with van der Waals surface area (Å²) >= 11 is 0. The van der Waals surface area contributed by atoms with Gasteiger partial charge in [-0.25, -0.2) is 4.79 Å². The van der Waals surface area contributed by atoms with Crippen molar-refractivity contribution in [2.24, 2.45) is 0 Å². The number of hydrogen-bond acceptors (Lipinski definition) is 8. The van der Waals surface area contributed by atoms with Crippen molar-refractivity contribution < 1.29 is 38.0 Å². The largest absolute Gasteiger partial charge is 0.496 e. The summed E-state index contributed by atoms with van der Waals surface area (Å²) in [5.74, 6) is 1.29. The molecule has 3 heterocycles. The first-order chi connectivity index (χ1) is 16.5. The van der Waals surface area contributed by atoms with E-state index < -0.39 is 5.97 Å². The standard InChI is InChI=1S/C25H23NO8/c1-29-17-6-5-14-21(23(17)31-3)20(30-2)11-16(25(28)32-4)22-15-10-19-18(33-12-34-19)9-13(15)7-8-26(22)24(14)27/h5-6,9-11H,7-8,12H2,1-4H3. The zero-order chi connectivity index (χ0) is 24.0. The van der Waals surface area contributed by atoms with E-state index in [0.29, 0.717) is 58.4 Å². The smallest absolute Gasteiger partial charge is 0.340 e. The molecule has 2 aromatic rings. The van der Waals surface area contributed by atoms with Crippen LogP contribution in [0, 0.1) is 0 Å². The lowest BCUT2D eigenvalue weighted by atomic mass is 9.89. The summed E-state index contributed by atoms with van der Waals surface area (Å²) in [6.45, 7) is 0.470. The number of rotatable bonds is 4. The minimum atomic E-state index is -0.613. The normalized spacial score (nSPS) is 15.9. The topological polar surface area (TPSA) is 92.8 Å². The lowest BCUT2D eigenvalue weighted by Gasteiger charge is -2.35. The summed E-state index contributed by atoms with van der Waals surface area (Å²) in [7, 11) is 5.75. The quantitative estimate of drug-likeness (QED) is 0.637. The molecule has 0 fully saturated rings. The lowest BCUT2D eigenvalue weighted by molar-refractivity contribution is -0.135. The lowest BCUT2D eigenvalue weighted by Crippen LogP contribution is -2.37. The maximum absolute atomic E-state index is 14.0. The molecule has 0 spiro atoms. The molecule has 176 valence electrons. The number of ether oxygens (including phenoxy) is 6. The summed E-state index contributed by atoms with van der Waals surface area (Å²) in [5.41, 5.74) is 2.97. The van der Waals surface area contributed by atoms with Crippen LogP contribution < -0.4 is 18.9 Å². The Kier molecular flexibility index (Phi) is 5.31. The Bertz CT molecular complexity index is 1280. The zero-order valence-electron chi connectivity index (χ0n) is 19.2. The first kappa shape index (κ1) is 21.7. The van der Waals surface area contributed by atoms with E-state index in [9.17, 15) is 9.59 Å². The molecule has 0 unspecified atom stereocenters. The second kappa shape index (κ2) is 8.33. The van der Waals surface area contributed by atoms with Crippen molar-refractivity contribution in [3.05, 3.63) is 58.2 Å². The van der Waals surface area contributed by atoms with E-state index in [1.54, 1.807) is 29.2 Å². The van der Waals surface area contributed by atoms with E-state index in [1.807, 2.05) is 6.07 Å². The van der Waals surface area contributed by atoms with Gasteiger partial charge in [-0.15, -0.1) is 0 Å². The fourth-order valence-corrected chi connectivity index (χ4v) is 4.59. The van der Waals surface area contributed by atoms with Crippen LogP contribution in [0.1, 0.15) is 27.0 Å². The Labute approximate surface area is 196 Å². The predicted octanol–water partition coefficient (Wildman–Crippen LogP) is 3.02. The maximum atomic E-state index is 14.0. The predicted molar refractivity (Wildman–Crippen MR) is 121 cm³/mol. The van der Waals surface area contributed by atoms with E-state index in [-0.39, 0.29) is 24.0 Å². The third-order valence-corrected chi connectivity index (χ3v) is 6.15. The van der Waals surface area contributed by atoms with Crippen molar-refractivity contribution in [1.29, 1.82) is 0 Å². The number of carbonyl (C=O) groups excluding carboxylic acids is 2. The summed E-state index contributed by atoms with van der Waals surface area (Å²) < 4.78 is 32.9. The molecule has 0 saturated carbocycles. The fraction of sp³-hybridized carbons (Fsp3) is 0.280. The van der Waals surface area contributed by atoms with Gasteiger partial charge in [0.2, 0.25) is 6.79 Å². The molecule has 0 bridgehead atoms. The van der Waals surface area contributed by atoms with Crippen LogP contribution >= 0.6 is 0 Å². The minimum absolute atomic E-state index is 0.118. The molecule has 34 heavy (non-hydrogen) atoms. The van der Waals surface area contributed by atoms with Crippen LogP contribution in [0.5, 0.6) is 23.0 Å². The van der Waals surface area contributed by atoms with Crippen molar-refractivity contribution >= 4 is 23.3 Å². The van der Waals surface area contributed by atoms with Gasteiger partial charge in [0.15, 0.2) is 23.0 Å². The van der Waals surface area contributed by atoms with Crippen LogP contribution in [0.25, 0.3) is 11.5 Å². The third-order valence-electron chi connectivity index (χ3n) is 6.15. The maximum Gasteiger partial charge on any atom is 0.340 e. The number of hydrogen-bond donors (Lipinski definition) is 0. The Morgan fingerprint density at radius 1 is 0.971 bits per heavy atom. The van der Waals surface area contributed by atoms with Crippen molar-refractivity contribution in [3.63, 3.8) is 0 Å². The number of benzene rings is 2. The molecule has 5 rings (SSSR count). The summed E-state index contributed by atoms with van der Waals surface area (Å²) in [4.78, 5) is 28.6. The van der Waals surface area contributed by atoms with Crippen LogP contribution in [0.3, 0.4) is 0 Å². The number of nitrogens with zero attached hydrogens (tertiary/aromatic N) is 1. The molecular formula is C25H23NO8. The van der Waals surface area contributed by atoms with Crippen molar-refractivity contribution in [2.75, 3.05) is 41.8 Å². The third kappa shape index (κ3) is 3.15. The number of esters is 1. The van der Waals surface area contributed by atoms with Gasteiger partial charge in [0, 0.05) is 12.1 Å². The number of methoxy groups -OCH3 is 4. The highest BCUT2D eigenvalue weighted by molar-refractivity contribution is 6.11. The van der Waals surface area contributed by atoms with E-state index in [4.69, 9.17) is 28.4 Å². The van der Waals surface area contributed by atoms with E-state index in [0.717, 1.165) is 5.56 Å². The monoisotopic (exact) mass is 465 g/mol. The van der Waals surface area contributed by atoms with Crippen molar-refractivity contribution in [2.45, 2.75) is 6.42 Å². The van der Waals surface area contributed by atoms with Crippen LogP contribution in [-0.2, 0) is 20.7 Å². The molecule has 0 aliphatic carbocycles. The van der Waals surface area contributed by atoms with Gasteiger partial charge in [-0.1, -0.05) is 0 Å². The molecule has 9 heteroatoms. The molecule has 0 saturated heterocycles. The molecule has 3 aliphatic heterocycles. The first-order valence-corrected chi connectivity index (χ1v) is 10.6. The Morgan fingerprint density at radius 2 is 1.74 bits per heavy atom. The van der Waals surface area contributed by atoms with Crippen LogP contribution in [0.2, 0.25) is 0 Å². The molecule has 1 amide bonds. The summed E-state index contributed by atoms with van der Waals surface area (Å²) in [6, 6.07) is 7.03. The average molecular weight is 465 g/mol. The molecule has 0 N–H and O–H groups in total. The molecule has 0 aromatic heterocycles. The fourth-order valence-electron chi connectivity index (χ4n) is 4.59. The van der Waals surface area contributed by atoms with E-state index in [1.165, 1.54) is 28.4 Å². The van der Waals surface area contributed by atoms with Crippen LogP contribution in [0.4, 0.5) is 0 Å². The average Bonchev–Trinajstić information content (AvgIpc) is 3.32. The van der Waals surface area contributed by atoms with Crippen molar-refractivity contribution in [1.82, 2.24) is 4.90 Å². The molecule has 0 atom stereocenters. The first-order valence-electron chi connectivity index (χ1n) is 10.6. The van der Waals surface area contributed by atoms with Crippen LogP contribution in [0.15, 0.2) is 35.9 Å². The summed E-state index contributed by atoms with van der Waals surface area (Å²) in [6.07, 6.45) is 2.14. The Morgan fingerprint density at radius 3 is 2.41 bits per heavy atom. The highest BCUT2D eigenvalue weighted by Gasteiger charge is 2.37. The zero-order valence-corrected chi connectivity index (χ0v) is 19.2. The number of carbonyl (C=O) groups is 2. The number of amides is 1. The van der Waals surface area contributed by atoms with Gasteiger partial charge in [-0.05, 0) is 42.3 Å². The van der Waals surface area contributed by atoms with Gasteiger partial charge >= 0.3 is 5.97 Å². The van der Waals surface area contributed by atoms with Crippen LogP contribution in [-0.4, -0.2) is 58.6 Å². The molecule has 2 aromatic carbocycles. The molecule has 9 nitrogen and oxygen atoms in total. The van der Waals surface area contributed by atoms with Gasteiger partial charge in [-0.2, -0.15) is 0 Å². The van der Waals surface area contributed by atoms with Gasteiger partial charge in [0.1, 0.15) is 5.76 Å². The van der Waals surface area contributed by atoms with E-state index in [2.05, 4.69) is 0 Å². The van der Waals surface area contributed by atoms with Gasteiger partial charge < -0.3 is 33.3 Å². The molecule has 0 radical (unpaired) electrons. The summed E-state index contributed by atoms with van der Waals surface area (Å²) in [5, 5.41) is 0. The van der Waals surface area contributed by atoms with Gasteiger partial charge in [0.05, 0.1) is 50.8 Å².